The summed E-state index contributed by atoms with van der Waals surface area (Å²) in [5, 5.41) is 11.4. The van der Waals surface area contributed by atoms with Crippen molar-refractivity contribution in [3.63, 3.8) is 0 Å². The van der Waals surface area contributed by atoms with Gasteiger partial charge in [-0.1, -0.05) is 74.3 Å². The zero-order valence-corrected chi connectivity index (χ0v) is 30.8. The molecule has 18 heteroatoms. The van der Waals surface area contributed by atoms with Crippen LogP contribution >= 0.6 is 123 Å². The van der Waals surface area contributed by atoms with E-state index in [1.54, 1.807) is 28.9 Å². The number of aromatic nitrogens is 4. The Bertz CT molecular complexity index is 1240. The Morgan fingerprint density at radius 2 is 1.05 bits per heavy atom. The van der Waals surface area contributed by atoms with Crippen LogP contribution in [0.15, 0.2) is 24.3 Å². The normalized spacial score (nSPS) is 13.8. The maximum absolute atomic E-state index is 6.49. The van der Waals surface area contributed by atoms with Gasteiger partial charge < -0.3 is 0 Å². The number of hydrogen-bond acceptors (Lipinski definition) is 3. The molecule has 0 bridgehead atoms. The van der Waals surface area contributed by atoms with Crippen molar-refractivity contribution < 1.29 is 4.68 Å². The first kappa shape index (κ1) is 34.8. The Labute approximate surface area is 264 Å². The predicted octanol–water partition coefficient (Wildman–Crippen LogP) is 10.8. The van der Waals surface area contributed by atoms with Crippen LogP contribution in [-0.2, 0) is 0 Å². The SMILES string of the molecule is CC(C)N(c1nn(-c2c(Cl)cc(Cl)cc2Cl)n[n+]1-c1c(Cl)cc(Cl)cc1Cl)C(C)C.[Cl][Sb-]([Cl])([Cl])([Cl])([Cl])[Cl]. The van der Waals surface area contributed by atoms with Crippen LogP contribution in [0.3, 0.4) is 0 Å². The van der Waals surface area contributed by atoms with Crippen LogP contribution < -0.4 is 9.58 Å². The minimum atomic E-state index is -5.42. The van der Waals surface area contributed by atoms with Gasteiger partial charge in [-0.25, -0.2) is 0 Å². The monoisotopic (exact) mass is 857 g/mol. The number of tetrazole rings is 1. The van der Waals surface area contributed by atoms with E-state index < -0.39 is 9.14 Å². The molecule has 0 spiro atoms. The van der Waals surface area contributed by atoms with Gasteiger partial charge in [0.2, 0.25) is 0 Å². The summed E-state index contributed by atoms with van der Waals surface area (Å²) in [5.41, 5.74) is 0.827. The molecule has 0 saturated carbocycles. The zero-order valence-electron chi connectivity index (χ0n) is 19.2. The topological polar surface area (TPSA) is 37.8 Å². The molecule has 3 aromatic rings. The van der Waals surface area contributed by atoms with Crippen LogP contribution in [0.25, 0.3) is 11.4 Å². The fourth-order valence-electron chi connectivity index (χ4n) is 3.19. The number of hydrogen-bond donors (Lipinski definition) is 0. The van der Waals surface area contributed by atoms with Crippen molar-refractivity contribution in [1.82, 2.24) is 15.1 Å². The van der Waals surface area contributed by atoms with Crippen molar-refractivity contribution in [3.8, 4) is 11.4 Å². The third kappa shape index (κ3) is 11.1. The van der Waals surface area contributed by atoms with Gasteiger partial charge in [0.25, 0.3) is 0 Å². The Hall–Kier alpha value is 1.61. The van der Waals surface area contributed by atoms with Crippen molar-refractivity contribution in [2.45, 2.75) is 39.8 Å². The molecule has 37 heavy (non-hydrogen) atoms. The van der Waals surface area contributed by atoms with Gasteiger partial charge in [-0.2, -0.15) is 0 Å². The molecule has 0 atom stereocenters. The molecule has 0 saturated heterocycles. The first-order valence-corrected chi connectivity index (χ1v) is 31.7. The second-order valence-corrected chi connectivity index (χ2v) is 67.5. The molecule has 2 aromatic carbocycles. The van der Waals surface area contributed by atoms with Crippen molar-refractivity contribution in [2.75, 3.05) is 4.90 Å². The zero-order chi connectivity index (χ0) is 28.7. The predicted molar refractivity (Wildman–Crippen MR) is 167 cm³/mol. The molecule has 0 unspecified atom stereocenters. The molecule has 3 rings (SSSR count). The van der Waals surface area contributed by atoms with Gasteiger partial charge in [0.05, 0.1) is 37.3 Å². The number of rotatable bonds is 5. The van der Waals surface area contributed by atoms with Gasteiger partial charge in [0.1, 0.15) is 0 Å². The molecule has 1 aromatic heterocycles. The Balaban J connectivity index is 0.000000604. The van der Waals surface area contributed by atoms with Crippen LogP contribution in [-0.4, -0.2) is 36.3 Å². The molecule has 0 aliphatic rings. The quantitative estimate of drug-likeness (QED) is 0.189. The van der Waals surface area contributed by atoms with E-state index in [1.807, 2.05) is 0 Å². The van der Waals surface area contributed by atoms with E-state index in [-0.39, 0.29) is 12.1 Å². The summed E-state index contributed by atoms with van der Waals surface area (Å²) >= 11 is 37.9. The van der Waals surface area contributed by atoms with E-state index in [4.69, 9.17) is 123 Å². The minimum absolute atomic E-state index is 0.0995. The average Bonchev–Trinajstić information content (AvgIpc) is 3.00. The van der Waals surface area contributed by atoms with E-state index in [0.717, 1.165) is 0 Å². The molecule has 0 aliphatic heterocycles. The molecule has 5 nitrogen and oxygen atoms in total. The van der Waals surface area contributed by atoms with Gasteiger partial charge in [0, 0.05) is 15.3 Å². The summed E-state index contributed by atoms with van der Waals surface area (Å²) in [6, 6.07) is 6.53. The van der Waals surface area contributed by atoms with E-state index in [1.165, 1.54) is 4.80 Å². The first-order chi connectivity index (χ1) is 16.5. The summed E-state index contributed by atoms with van der Waals surface area (Å²) in [6.07, 6.45) is 0. The van der Waals surface area contributed by atoms with Gasteiger partial charge in [-0.15, -0.1) is 0 Å². The van der Waals surface area contributed by atoms with Crippen molar-refractivity contribution in [1.29, 1.82) is 0 Å². The van der Waals surface area contributed by atoms with Gasteiger partial charge in [-0.3, -0.25) is 4.90 Å². The molecule has 208 valence electrons. The first-order valence-electron chi connectivity index (χ1n) is 10.0. The van der Waals surface area contributed by atoms with E-state index in [9.17, 15) is 0 Å². The fourth-order valence-corrected chi connectivity index (χ4v) is 5.14. The van der Waals surface area contributed by atoms with Crippen LogP contribution in [0, 0.1) is 0 Å². The number of benzene rings is 2. The Kier molecular flexibility index (Phi) is 11.4. The molecule has 0 N–H and O–H groups in total. The fraction of sp³-hybridized carbons (Fsp3) is 0.316. The van der Waals surface area contributed by atoms with E-state index >= 15 is 0 Å². The number of nitrogens with zero attached hydrogens (tertiary/aromatic N) is 5. The molecule has 0 amide bonds. The molecule has 1 heterocycles. The summed E-state index contributed by atoms with van der Waals surface area (Å²) in [6.45, 7) is 8.21. The van der Waals surface area contributed by atoms with Gasteiger partial charge in [-0.05, 0) is 56.8 Å². The second kappa shape index (κ2) is 12.1. The van der Waals surface area contributed by atoms with Crippen LogP contribution in [0.4, 0.5) is 5.95 Å². The summed E-state index contributed by atoms with van der Waals surface area (Å²) in [7, 11) is 25.0. The maximum atomic E-state index is 6.49. The van der Waals surface area contributed by atoms with Crippen molar-refractivity contribution in [2.24, 2.45) is 0 Å². The van der Waals surface area contributed by atoms with Gasteiger partial charge in [0.15, 0.2) is 11.4 Å². The number of halogens is 12. The molecule has 0 radical (unpaired) electrons. The average molecular weight is 864 g/mol. The second-order valence-electron chi connectivity index (χ2n) is 8.08. The Morgan fingerprint density at radius 1 is 0.703 bits per heavy atom. The van der Waals surface area contributed by atoms with Crippen molar-refractivity contribution in [3.05, 3.63) is 54.4 Å². The Morgan fingerprint density at radius 3 is 1.41 bits per heavy atom. The summed E-state index contributed by atoms with van der Waals surface area (Å²) < 4.78 is 1.56. The van der Waals surface area contributed by atoms with Crippen molar-refractivity contribution >= 4 is 138 Å². The molecular formula is C19H18Cl12N5Sb. The number of anilines is 1. The van der Waals surface area contributed by atoms with Crippen LogP contribution in [0.5, 0.6) is 0 Å². The third-order valence-corrected chi connectivity index (χ3v) is 5.86. The van der Waals surface area contributed by atoms with Crippen LogP contribution in [0.2, 0.25) is 30.1 Å². The molecule has 0 fully saturated rings. The molecule has 0 aliphatic carbocycles. The van der Waals surface area contributed by atoms with E-state index in [0.29, 0.717) is 47.5 Å². The van der Waals surface area contributed by atoms with Crippen LogP contribution in [0.1, 0.15) is 27.7 Å². The van der Waals surface area contributed by atoms with E-state index in [2.05, 4.69) is 42.9 Å². The standard InChI is InChI=1S/C19H18Cl6N5.6ClH.Sb/c1-9(2)28(10(3)4)19-26-30(18-15(24)7-12(21)8-16(18)25)27-29(19)17-13(22)5-11(20)6-14(17)23;;;;;;;/h5-10H,1-4H3;6*1H;/q+1;;;;;;;+5/p-6. The summed E-state index contributed by atoms with van der Waals surface area (Å²) in [5.74, 6) is 0.508. The van der Waals surface area contributed by atoms with Gasteiger partial charge >= 0.3 is 68.1 Å². The third-order valence-electron chi connectivity index (χ3n) is 4.27. The summed E-state index contributed by atoms with van der Waals surface area (Å²) in [4.78, 5) is 3.41. The molecular weight excluding hydrogens is 845 g/mol.